The second-order valence-electron chi connectivity index (χ2n) is 5.42. The molecule has 0 saturated carbocycles. The van der Waals surface area contributed by atoms with Crippen molar-refractivity contribution in [2.75, 3.05) is 25.0 Å². The van der Waals surface area contributed by atoms with Crippen LogP contribution >= 0.6 is 12.4 Å². The van der Waals surface area contributed by atoms with E-state index in [-0.39, 0.29) is 36.6 Å². The van der Waals surface area contributed by atoms with Crippen LogP contribution in [0.2, 0.25) is 0 Å². The summed E-state index contributed by atoms with van der Waals surface area (Å²) >= 11 is 0. The molecule has 0 radical (unpaired) electrons. The van der Waals surface area contributed by atoms with Gasteiger partial charge in [-0.3, -0.25) is 9.69 Å². The van der Waals surface area contributed by atoms with Crippen molar-refractivity contribution < 1.29 is 9.18 Å². The van der Waals surface area contributed by atoms with Gasteiger partial charge in [0.2, 0.25) is 5.91 Å². The van der Waals surface area contributed by atoms with Gasteiger partial charge in [0.25, 0.3) is 0 Å². The molecule has 0 bridgehead atoms. The van der Waals surface area contributed by atoms with Gasteiger partial charge in [-0.1, -0.05) is 19.1 Å². The van der Waals surface area contributed by atoms with Crippen LogP contribution in [-0.2, 0) is 4.79 Å². The summed E-state index contributed by atoms with van der Waals surface area (Å²) in [6, 6.07) is 6.43. The molecule has 1 aromatic carbocycles. The molecule has 6 heteroatoms. The number of carbonyl (C=O) groups is 1. The third-order valence-corrected chi connectivity index (χ3v) is 3.97. The van der Waals surface area contributed by atoms with E-state index >= 15 is 0 Å². The van der Waals surface area contributed by atoms with Crippen LogP contribution in [0.1, 0.15) is 19.8 Å². The van der Waals surface area contributed by atoms with Crippen molar-refractivity contribution in [3.63, 3.8) is 0 Å². The number of rotatable bonds is 4. The lowest BCUT2D eigenvalue weighted by Gasteiger charge is -2.38. The van der Waals surface area contributed by atoms with Gasteiger partial charge in [-0.05, 0) is 37.4 Å². The minimum absolute atomic E-state index is 0. The van der Waals surface area contributed by atoms with Crippen LogP contribution in [0.4, 0.5) is 10.1 Å². The Morgan fingerprint density at radius 3 is 2.86 bits per heavy atom. The molecule has 1 saturated heterocycles. The maximum Gasteiger partial charge on any atom is 0.238 e. The van der Waals surface area contributed by atoms with Crippen molar-refractivity contribution in [3.8, 4) is 0 Å². The number of carbonyl (C=O) groups excluding carboxylic acids is 1. The zero-order valence-corrected chi connectivity index (χ0v) is 13.0. The Balaban J connectivity index is 0.00000220. The zero-order chi connectivity index (χ0) is 14.5. The Morgan fingerprint density at radius 2 is 2.19 bits per heavy atom. The van der Waals surface area contributed by atoms with Crippen molar-refractivity contribution in [3.05, 3.63) is 30.1 Å². The molecule has 2 rings (SSSR count). The Hall–Kier alpha value is -1.17. The van der Waals surface area contributed by atoms with Crippen LogP contribution in [0.25, 0.3) is 0 Å². The first-order valence-electron chi connectivity index (χ1n) is 7.10. The second kappa shape index (κ2) is 8.32. The van der Waals surface area contributed by atoms with E-state index in [1.54, 1.807) is 18.2 Å². The predicted octanol–water partition coefficient (Wildman–Crippen LogP) is 2.25. The number of piperidine rings is 1. The Bertz CT molecular complexity index is 472. The van der Waals surface area contributed by atoms with Crippen LogP contribution < -0.4 is 11.1 Å². The first kappa shape index (κ1) is 17.9. The number of amides is 1. The maximum absolute atomic E-state index is 13.5. The Kier molecular flexibility index (Phi) is 7.08. The molecule has 1 fully saturated rings. The lowest BCUT2D eigenvalue weighted by molar-refractivity contribution is -0.118. The van der Waals surface area contributed by atoms with Crippen LogP contribution in [0.5, 0.6) is 0 Å². The Morgan fingerprint density at radius 1 is 1.48 bits per heavy atom. The molecule has 1 aromatic rings. The Labute approximate surface area is 131 Å². The third kappa shape index (κ3) is 4.66. The summed E-state index contributed by atoms with van der Waals surface area (Å²) in [5, 5.41) is 2.62. The number of para-hydroxylation sites is 1. The van der Waals surface area contributed by atoms with E-state index < -0.39 is 5.82 Å². The smallest absolute Gasteiger partial charge is 0.238 e. The van der Waals surface area contributed by atoms with E-state index in [0.717, 1.165) is 19.4 Å². The number of anilines is 1. The monoisotopic (exact) mass is 315 g/mol. The number of nitrogens with zero attached hydrogens (tertiary/aromatic N) is 1. The largest absolute Gasteiger partial charge is 0.329 e. The molecule has 21 heavy (non-hydrogen) atoms. The van der Waals surface area contributed by atoms with Gasteiger partial charge in [0.1, 0.15) is 5.82 Å². The fourth-order valence-corrected chi connectivity index (χ4v) is 2.85. The van der Waals surface area contributed by atoms with Gasteiger partial charge >= 0.3 is 0 Å². The summed E-state index contributed by atoms with van der Waals surface area (Å²) in [7, 11) is 0. The summed E-state index contributed by atoms with van der Waals surface area (Å²) in [6.45, 7) is 3.85. The fourth-order valence-electron chi connectivity index (χ4n) is 2.85. The topological polar surface area (TPSA) is 58.4 Å². The second-order valence-corrected chi connectivity index (χ2v) is 5.42. The van der Waals surface area contributed by atoms with Gasteiger partial charge in [0, 0.05) is 12.6 Å². The molecule has 0 spiro atoms. The fraction of sp³-hybridized carbons (Fsp3) is 0.533. The minimum Gasteiger partial charge on any atom is -0.329 e. The van der Waals surface area contributed by atoms with Gasteiger partial charge in [0.05, 0.1) is 12.2 Å². The quantitative estimate of drug-likeness (QED) is 0.896. The molecule has 118 valence electrons. The molecule has 1 heterocycles. The average molecular weight is 316 g/mol. The molecule has 0 aromatic heterocycles. The van der Waals surface area contributed by atoms with E-state index in [0.29, 0.717) is 12.5 Å². The predicted molar refractivity (Wildman–Crippen MR) is 85.1 cm³/mol. The molecule has 1 aliphatic heterocycles. The van der Waals surface area contributed by atoms with Crippen molar-refractivity contribution in [1.82, 2.24) is 4.90 Å². The van der Waals surface area contributed by atoms with Crippen molar-refractivity contribution in [1.29, 1.82) is 0 Å². The van der Waals surface area contributed by atoms with Crippen LogP contribution in [-0.4, -0.2) is 36.5 Å². The molecule has 1 amide bonds. The average Bonchev–Trinajstić information content (AvgIpc) is 2.42. The third-order valence-electron chi connectivity index (χ3n) is 3.97. The molecule has 4 nitrogen and oxygen atoms in total. The number of benzene rings is 1. The number of hydrogen-bond donors (Lipinski definition) is 2. The summed E-state index contributed by atoms with van der Waals surface area (Å²) in [5.74, 6) is -0.110. The van der Waals surface area contributed by atoms with E-state index in [9.17, 15) is 9.18 Å². The lowest BCUT2D eigenvalue weighted by Crippen LogP contribution is -2.51. The highest BCUT2D eigenvalue weighted by Gasteiger charge is 2.28. The standard InChI is InChI=1S/C15H22FN3O.ClH/c1-11-5-4-8-19(14(11)9-17)10-15(20)18-13-7-3-2-6-12(13)16;/h2-3,6-7,11,14H,4-5,8-10,17H2,1H3,(H,18,20);1H. The van der Waals surface area contributed by atoms with Gasteiger partial charge in [-0.15, -0.1) is 12.4 Å². The van der Waals surface area contributed by atoms with Crippen molar-refractivity contribution in [2.45, 2.75) is 25.8 Å². The molecule has 2 atom stereocenters. The summed E-state index contributed by atoms with van der Waals surface area (Å²) in [4.78, 5) is 14.1. The zero-order valence-electron chi connectivity index (χ0n) is 12.2. The van der Waals surface area contributed by atoms with E-state index in [2.05, 4.69) is 17.1 Å². The first-order valence-corrected chi connectivity index (χ1v) is 7.10. The molecular formula is C15H23ClFN3O. The van der Waals surface area contributed by atoms with Crippen molar-refractivity contribution >= 4 is 24.0 Å². The van der Waals surface area contributed by atoms with Crippen molar-refractivity contribution in [2.24, 2.45) is 11.7 Å². The number of likely N-dealkylation sites (tertiary alicyclic amines) is 1. The normalized spacial score (nSPS) is 22.4. The highest BCUT2D eigenvalue weighted by atomic mass is 35.5. The SMILES string of the molecule is CC1CCCN(CC(=O)Nc2ccccc2F)C1CN.Cl. The lowest BCUT2D eigenvalue weighted by atomic mass is 9.91. The summed E-state index contributed by atoms with van der Waals surface area (Å²) < 4.78 is 13.5. The van der Waals surface area contributed by atoms with Gasteiger partial charge in [0.15, 0.2) is 0 Å². The van der Waals surface area contributed by atoms with Gasteiger partial charge in [-0.25, -0.2) is 4.39 Å². The summed E-state index contributed by atoms with van der Waals surface area (Å²) in [5.41, 5.74) is 6.03. The minimum atomic E-state index is -0.414. The number of hydrogen-bond acceptors (Lipinski definition) is 3. The number of nitrogens with two attached hydrogens (primary N) is 1. The first-order chi connectivity index (χ1) is 9.61. The highest BCUT2D eigenvalue weighted by molar-refractivity contribution is 5.92. The van der Waals surface area contributed by atoms with E-state index in [1.807, 2.05) is 0 Å². The maximum atomic E-state index is 13.5. The number of nitrogens with one attached hydrogen (secondary N) is 1. The van der Waals surface area contributed by atoms with E-state index in [4.69, 9.17) is 5.73 Å². The van der Waals surface area contributed by atoms with Gasteiger partial charge in [-0.2, -0.15) is 0 Å². The number of halogens is 2. The molecule has 2 unspecified atom stereocenters. The molecule has 3 N–H and O–H groups in total. The van der Waals surface area contributed by atoms with Crippen LogP contribution in [0, 0.1) is 11.7 Å². The summed E-state index contributed by atoms with van der Waals surface area (Å²) in [6.07, 6.45) is 2.22. The molecular weight excluding hydrogens is 293 g/mol. The highest BCUT2D eigenvalue weighted by Crippen LogP contribution is 2.22. The molecule has 1 aliphatic rings. The molecule has 0 aliphatic carbocycles. The van der Waals surface area contributed by atoms with Crippen LogP contribution in [0.3, 0.4) is 0 Å². The van der Waals surface area contributed by atoms with Gasteiger partial charge < -0.3 is 11.1 Å². The van der Waals surface area contributed by atoms with E-state index in [1.165, 1.54) is 6.07 Å². The van der Waals surface area contributed by atoms with Crippen LogP contribution in [0.15, 0.2) is 24.3 Å².